The molecule has 0 spiro atoms. The van der Waals surface area contributed by atoms with E-state index in [2.05, 4.69) is 5.32 Å². The second-order valence-electron chi connectivity index (χ2n) is 4.61. The summed E-state index contributed by atoms with van der Waals surface area (Å²) in [5.74, 6) is 0.154. The highest BCUT2D eigenvalue weighted by molar-refractivity contribution is 5.73. The molecule has 1 rings (SSSR count). The Balaban J connectivity index is 2.26. The maximum Gasteiger partial charge on any atom is 0.219 e. The molecule has 1 unspecified atom stereocenters. The third-order valence-corrected chi connectivity index (χ3v) is 3.30. The van der Waals surface area contributed by atoms with Gasteiger partial charge in [-0.05, 0) is 19.3 Å². The van der Waals surface area contributed by atoms with Gasteiger partial charge in [0.05, 0.1) is 6.61 Å². The van der Waals surface area contributed by atoms with E-state index in [9.17, 15) is 9.90 Å². The van der Waals surface area contributed by atoms with Crippen molar-refractivity contribution >= 4 is 5.91 Å². The van der Waals surface area contributed by atoms with E-state index in [0.717, 1.165) is 32.4 Å². The molecule has 100 valence electrons. The number of hydrogen-bond donors (Lipinski definition) is 2. The molecule has 1 heterocycles. The van der Waals surface area contributed by atoms with E-state index in [-0.39, 0.29) is 18.6 Å². The largest absolute Gasteiger partial charge is 0.395 e. The number of nitrogens with one attached hydrogen (secondary N) is 1. The molecule has 5 nitrogen and oxygen atoms in total. The average molecular weight is 244 g/mol. The first-order valence-corrected chi connectivity index (χ1v) is 6.28. The summed E-state index contributed by atoms with van der Waals surface area (Å²) < 4.78 is 5.01. The van der Waals surface area contributed by atoms with Crippen LogP contribution in [0.4, 0.5) is 0 Å². The van der Waals surface area contributed by atoms with E-state index in [1.165, 1.54) is 0 Å². The SMILES string of the molecule is COCCC(CO)NC1CCN(C(C)=O)CC1. The predicted octanol–water partition coefficient (Wildman–Crippen LogP) is -0.0157. The summed E-state index contributed by atoms with van der Waals surface area (Å²) in [4.78, 5) is 13.1. The monoisotopic (exact) mass is 244 g/mol. The van der Waals surface area contributed by atoms with Gasteiger partial charge in [-0.1, -0.05) is 0 Å². The molecule has 1 aliphatic heterocycles. The van der Waals surface area contributed by atoms with Gasteiger partial charge in [-0.2, -0.15) is 0 Å². The number of rotatable bonds is 6. The van der Waals surface area contributed by atoms with Crippen LogP contribution in [0.15, 0.2) is 0 Å². The molecule has 2 N–H and O–H groups in total. The number of hydrogen-bond acceptors (Lipinski definition) is 4. The summed E-state index contributed by atoms with van der Waals surface area (Å²) in [6.45, 7) is 4.04. The van der Waals surface area contributed by atoms with E-state index >= 15 is 0 Å². The van der Waals surface area contributed by atoms with Gasteiger partial charge in [-0.3, -0.25) is 4.79 Å². The van der Waals surface area contributed by atoms with Crippen LogP contribution in [0.5, 0.6) is 0 Å². The minimum atomic E-state index is 0.101. The molecule has 0 aliphatic carbocycles. The zero-order valence-electron chi connectivity index (χ0n) is 10.8. The third kappa shape index (κ3) is 5.02. The summed E-state index contributed by atoms with van der Waals surface area (Å²) in [5, 5.41) is 12.7. The van der Waals surface area contributed by atoms with Crippen LogP contribution in [0.2, 0.25) is 0 Å². The second-order valence-corrected chi connectivity index (χ2v) is 4.61. The lowest BCUT2D eigenvalue weighted by atomic mass is 10.0. The number of amides is 1. The number of aliphatic hydroxyl groups excluding tert-OH is 1. The van der Waals surface area contributed by atoms with Gasteiger partial charge in [0.2, 0.25) is 5.91 Å². The first kappa shape index (κ1) is 14.4. The number of aliphatic hydroxyl groups is 1. The Bertz CT molecular complexity index is 228. The number of methoxy groups -OCH3 is 1. The summed E-state index contributed by atoms with van der Waals surface area (Å²) >= 11 is 0. The highest BCUT2D eigenvalue weighted by atomic mass is 16.5. The summed E-state index contributed by atoms with van der Waals surface area (Å²) in [6.07, 6.45) is 2.74. The Morgan fingerprint density at radius 3 is 2.65 bits per heavy atom. The van der Waals surface area contributed by atoms with Crippen LogP contribution in [0.1, 0.15) is 26.2 Å². The highest BCUT2D eigenvalue weighted by Gasteiger charge is 2.22. The van der Waals surface area contributed by atoms with Crippen LogP contribution in [-0.4, -0.2) is 61.4 Å². The molecular weight excluding hydrogens is 220 g/mol. The first-order valence-electron chi connectivity index (χ1n) is 6.28. The summed E-state index contributed by atoms with van der Waals surface area (Å²) in [5.41, 5.74) is 0. The fraction of sp³-hybridized carbons (Fsp3) is 0.917. The van der Waals surface area contributed by atoms with Crippen molar-refractivity contribution in [1.29, 1.82) is 0 Å². The number of ether oxygens (including phenoxy) is 1. The number of piperidine rings is 1. The molecule has 5 heteroatoms. The number of likely N-dealkylation sites (tertiary alicyclic amines) is 1. The van der Waals surface area contributed by atoms with Gasteiger partial charge >= 0.3 is 0 Å². The van der Waals surface area contributed by atoms with Crippen molar-refractivity contribution in [3.63, 3.8) is 0 Å². The molecular formula is C12H24N2O3. The maximum atomic E-state index is 11.2. The lowest BCUT2D eigenvalue weighted by molar-refractivity contribution is -0.129. The van der Waals surface area contributed by atoms with Crippen LogP contribution >= 0.6 is 0 Å². The molecule has 1 amide bonds. The molecule has 17 heavy (non-hydrogen) atoms. The summed E-state index contributed by atoms with van der Waals surface area (Å²) in [6, 6.07) is 0.503. The van der Waals surface area contributed by atoms with Gasteiger partial charge in [0, 0.05) is 45.8 Å². The lowest BCUT2D eigenvalue weighted by Crippen LogP contribution is -2.48. The molecule has 1 fully saturated rings. The van der Waals surface area contributed by atoms with Gasteiger partial charge in [0.25, 0.3) is 0 Å². The maximum absolute atomic E-state index is 11.2. The topological polar surface area (TPSA) is 61.8 Å². The van der Waals surface area contributed by atoms with Crippen LogP contribution in [0.25, 0.3) is 0 Å². The third-order valence-electron chi connectivity index (χ3n) is 3.30. The molecule has 0 aromatic heterocycles. The number of nitrogens with zero attached hydrogens (tertiary/aromatic N) is 1. The van der Waals surface area contributed by atoms with Crippen molar-refractivity contribution in [2.75, 3.05) is 33.4 Å². The lowest BCUT2D eigenvalue weighted by Gasteiger charge is -2.33. The fourth-order valence-electron chi connectivity index (χ4n) is 2.18. The molecule has 0 bridgehead atoms. The van der Waals surface area contributed by atoms with E-state index < -0.39 is 0 Å². The normalized spacial score (nSPS) is 19.4. The van der Waals surface area contributed by atoms with Gasteiger partial charge in [-0.15, -0.1) is 0 Å². The molecule has 0 radical (unpaired) electrons. The number of carbonyl (C=O) groups excluding carboxylic acids is 1. The highest BCUT2D eigenvalue weighted by Crippen LogP contribution is 2.11. The average Bonchev–Trinajstić information content (AvgIpc) is 2.35. The predicted molar refractivity (Wildman–Crippen MR) is 65.8 cm³/mol. The minimum Gasteiger partial charge on any atom is -0.395 e. The van der Waals surface area contributed by atoms with E-state index in [1.807, 2.05) is 4.90 Å². The Morgan fingerprint density at radius 2 is 2.18 bits per heavy atom. The molecule has 1 saturated heterocycles. The van der Waals surface area contributed by atoms with Gasteiger partial charge in [0.15, 0.2) is 0 Å². The standard InChI is InChI=1S/C12H24N2O3/c1-10(16)14-6-3-11(4-7-14)13-12(9-15)5-8-17-2/h11-13,15H,3-9H2,1-2H3. The van der Waals surface area contributed by atoms with Crippen molar-refractivity contribution < 1.29 is 14.6 Å². The van der Waals surface area contributed by atoms with Crippen LogP contribution in [0, 0.1) is 0 Å². The number of carbonyl (C=O) groups is 1. The molecule has 1 aliphatic rings. The minimum absolute atomic E-state index is 0.101. The van der Waals surface area contributed by atoms with Gasteiger partial charge in [0.1, 0.15) is 0 Å². The Labute approximate surface area is 103 Å². The van der Waals surface area contributed by atoms with Crippen molar-refractivity contribution in [3.05, 3.63) is 0 Å². The van der Waals surface area contributed by atoms with Crippen LogP contribution < -0.4 is 5.32 Å². The van der Waals surface area contributed by atoms with Crippen LogP contribution in [-0.2, 0) is 9.53 Å². The molecule has 0 saturated carbocycles. The van der Waals surface area contributed by atoms with Crippen LogP contribution in [0.3, 0.4) is 0 Å². The van der Waals surface area contributed by atoms with E-state index in [0.29, 0.717) is 12.6 Å². The van der Waals surface area contributed by atoms with Crippen molar-refractivity contribution in [2.45, 2.75) is 38.3 Å². The van der Waals surface area contributed by atoms with Crippen molar-refractivity contribution in [3.8, 4) is 0 Å². The van der Waals surface area contributed by atoms with Gasteiger partial charge < -0.3 is 20.1 Å². The Kier molecular flexibility index (Phi) is 6.47. The Hall–Kier alpha value is -0.650. The second kappa shape index (κ2) is 7.63. The van der Waals surface area contributed by atoms with Crippen molar-refractivity contribution in [1.82, 2.24) is 10.2 Å². The first-order chi connectivity index (χ1) is 8.17. The zero-order valence-corrected chi connectivity index (χ0v) is 10.8. The van der Waals surface area contributed by atoms with Crippen molar-refractivity contribution in [2.24, 2.45) is 0 Å². The van der Waals surface area contributed by atoms with E-state index in [1.54, 1.807) is 14.0 Å². The van der Waals surface area contributed by atoms with Gasteiger partial charge in [-0.25, -0.2) is 0 Å². The quantitative estimate of drug-likeness (QED) is 0.689. The molecule has 0 aromatic rings. The smallest absolute Gasteiger partial charge is 0.219 e. The molecule has 0 aromatic carbocycles. The molecule has 1 atom stereocenters. The summed E-state index contributed by atoms with van der Waals surface area (Å²) in [7, 11) is 1.67. The Morgan fingerprint density at radius 1 is 1.53 bits per heavy atom. The fourth-order valence-corrected chi connectivity index (χ4v) is 2.18. The van der Waals surface area contributed by atoms with E-state index in [4.69, 9.17) is 4.74 Å². The zero-order chi connectivity index (χ0) is 12.7.